The first-order chi connectivity index (χ1) is 4.88. The van der Waals surface area contributed by atoms with Crippen molar-refractivity contribution in [1.29, 1.82) is 0 Å². The maximum Gasteiger partial charge on any atom is 0.320 e. The van der Waals surface area contributed by atoms with Gasteiger partial charge in [-0.15, -0.1) is 0 Å². The van der Waals surface area contributed by atoms with Crippen LogP contribution in [-0.4, -0.2) is 47.5 Å². The zero-order chi connectivity index (χ0) is 6.97. The molecule has 2 N–H and O–H groups in total. The van der Waals surface area contributed by atoms with Gasteiger partial charge in [-0.2, -0.15) is 0 Å². The minimum atomic E-state index is 0. The lowest BCUT2D eigenvalue weighted by Gasteiger charge is -2.39. The topological polar surface area (TPSA) is 55.1 Å². The Labute approximate surface area is 66.1 Å². The van der Waals surface area contributed by atoms with Crippen molar-refractivity contribution in [3.05, 3.63) is 0 Å². The molecule has 2 aliphatic heterocycles. The molecule has 0 spiro atoms. The Balaban J connectivity index is 0.000000605. The number of carbonyl (C=O) groups is 1. The summed E-state index contributed by atoms with van der Waals surface area (Å²) in [7, 11) is 0. The van der Waals surface area contributed by atoms with E-state index < -0.39 is 0 Å². The molecule has 0 aliphatic carbocycles. The van der Waals surface area contributed by atoms with Crippen molar-refractivity contribution in [1.82, 2.24) is 9.80 Å². The van der Waals surface area contributed by atoms with Crippen LogP contribution in [0.2, 0.25) is 0 Å². The maximum atomic E-state index is 11.3. The van der Waals surface area contributed by atoms with Gasteiger partial charge in [0.1, 0.15) is 0 Å². The monoisotopic (exact) mass is 158 g/mol. The molecule has 2 rings (SSSR count). The lowest BCUT2D eigenvalue weighted by atomic mass is 10.2. The number of urea groups is 1. The van der Waals surface area contributed by atoms with E-state index in [2.05, 4.69) is 0 Å². The van der Waals surface area contributed by atoms with E-state index in [1.54, 1.807) is 0 Å². The predicted molar refractivity (Wildman–Crippen MR) is 41.4 cm³/mol. The van der Waals surface area contributed by atoms with E-state index >= 15 is 0 Å². The Morgan fingerprint density at radius 3 is 1.45 bits per heavy atom. The number of hydrogen-bond donors (Lipinski definition) is 0. The highest BCUT2D eigenvalue weighted by Crippen LogP contribution is 2.14. The van der Waals surface area contributed by atoms with Gasteiger partial charge < -0.3 is 15.3 Å². The molecule has 4 nitrogen and oxygen atoms in total. The Morgan fingerprint density at radius 1 is 0.909 bits per heavy atom. The fraction of sp³-hybridized carbons (Fsp3) is 0.857. The summed E-state index contributed by atoms with van der Waals surface area (Å²) in [5.74, 6) is 0. The lowest BCUT2D eigenvalue weighted by molar-refractivity contribution is 0.105. The largest absolute Gasteiger partial charge is 0.412 e. The summed E-state index contributed by atoms with van der Waals surface area (Å²) in [5, 5.41) is 0. The molecule has 0 bridgehead atoms. The third-order valence-electron chi connectivity index (χ3n) is 2.25. The van der Waals surface area contributed by atoms with Gasteiger partial charge >= 0.3 is 6.03 Å². The molecule has 0 unspecified atom stereocenters. The molecule has 0 aromatic heterocycles. The summed E-state index contributed by atoms with van der Waals surface area (Å²) in [6, 6.07) is 0.262. The molecule has 0 saturated carbocycles. The minimum Gasteiger partial charge on any atom is -0.412 e. The van der Waals surface area contributed by atoms with Gasteiger partial charge in [0.2, 0.25) is 0 Å². The third-order valence-corrected chi connectivity index (χ3v) is 2.25. The number of carbonyl (C=O) groups excluding carboxylic acids is 1. The average Bonchev–Trinajstić information content (AvgIpc) is 1.52. The number of rotatable bonds is 0. The van der Waals surface area contributed by atoms with Crippen LogP contribution in [0, 0.1) is 0 Å². The van der Waals surface area contributed by atoms with Gasteiger partial charge in [-0.1, -0.05) is 0 Å². The molecule has 2 fully saturated rings. The van der Waals surface area contributed by atoms with E-state index in [4.69, 9.17) is 0 Å². The summed E-state index contributed by atoms with van der Waals surface area (Å²) in [6.07, 6.45) is 2.39. The normalized spacial score (nSPS) is 21.5. The van der Waals surface area contributed by atoms with Crippen LogP contribution in [0.5, 0.6) is 0 Å². The standard InChI is InChI=1S/C7H12N2O.H2O/c10-7(8-3-1-4-8)9-5-2-6-9;/h1-6H2;1H2. The predicted octanol–water partition coefficient (Wildman–Crippen LogP) is -0.307. The lowest BCUT2D eigenvalue weighted by Crippen LogP contribution is -2.53. The molecular weight excluding hydrogens is 144 g/mol. The quantitative estimate of drug-likeness (QED) is 0.477. The Kier molecular flexibility index (Phi) is 2.34. The van der Waals surface area contributed by atoms with Gasteiger partial charge in [0.25, 0.3) is 0 Å². The Hall–Kier alpha value is -0.770. The first-order valence-electron chi connectivity index (χ1n) is 3.92. The molecule has 0 aromatic rings. The van der Waals surface area contributed by atoms with E-state index in [9.17, 15) is 4.79 Å². The first kappa shape index (κ1) is 8.33. The van der Waals surface area contributed by atoms with Gasteiger partial charge in [0, 0.05) is 26.2 Å². The molecule has 2 amide bonds. The number of amides is 2. The van der Waals surface area contributed by atoms with Crippen molar-refractivity contribution in [2.24, 2.45) is 0 Å². The zero-order valence-corrected chi connectivity index (χ0v) is 6.55. The maximum absolute atomic E-state index is 11.3. The van der Waals surface area contributed by atoms with Crippen LogP contribution in [0.15, 0.2) is 0 Å². The molecule has 4 heteroatoms. The van der Waals surface area contributed by atoms with Crippen molar-refractivity contribution < 1.29 is 10.3 Å². The highest BCUT2D eigenvalue weighted by atomic mass is 16.2. The Morgan fingerprint density at radius 2 is 1.27 bits per heavy atom. The summed E-state index contributed by atoms with van der Waals surface area (Å²) >= 11 is 0. The fourth-order valence-corrected chi connectivity index (χ4v) is 1.22. The van der Waals surface area contributed by atoms with Crippen LogP contribution in [0.4, 0.5) is 4.79 Å². The summed E-state index contributed by atoms with van der Waals surface area (Å²) in [4.78, 5) is 15.1. The molecule has 11 heavy (non-hydrogen) atoms. The fourth-order valence-electron chi connectivity index (χ4n) is 1.22. The average molecular weight is 158 g/mol. The number of hydrogen-bond acceptors (Lipinski definition) is 1. The molecule has 0 radical (unpaired) electrons. The van der Waals surface area contributed by atoms with Gasteiger partial charge in [-0.3, -0.25) is 0 Å². The highest BCUT2D eigenvalue weighted by molar-refractivity contribution is 5.75. The zero-order valence-electron chi connectivity index (χ0n) is 6.55. The second-order valence-electron chi connectivity index (χ2n) is 2.96. The second kappa shape index (κ2) is 3.09. The molecule has 2 saturated heterocycles. The van der Waals surface area contributed by atoms with Gasteiger partial charge in [0.05, 0.1) is 0 Å². The van der Waals surface area contributed by atoms with E-state index in [-0.39, 0.29) is 11.5 Å². The summed E-state index contributed by atoms with van der Waals surface area (Å²) < 4.78 is 0. The van der Waals surface area contributed by atoms with Crippen molar-refractivity contribution in [2.75, 3.05) is 26.2 Å². The molecule has 2 heterocycles. The van der Waals surface area contributed by atoms with Crippen molar-refractivity contribution in [3.8, 4) is 0 Å². The summed E-state index contributed by atoms with van der Waals surface area (Å²) in [5.41, 5.74) is 0. The van der Waals surface area contributed by atoms with Crippen LogP contribution >= 0.6 is 0 Å². The Bertz CT molecular complexity index is 137. The van der Waals surface area contributed by atoms with Crippen LogP contribution in [0.1, 0.15) is 12.8 Å². The van der Waals surface area contributed by atoms with Crippen molar-refractivity contribution in [2.45, 2.75) is 12.8 Å². The van der Waals surface area contributed by atoms with Crippen LogP contribution in [0.25, 0.3) is 0 Å². The SMILES string of the molecule is O.O=C(N1CCC1)N1CCC1. The van der Waals surface area contributed by atoms with Crippen LogP contribution < -0.4 is 0 Å². The molecular formula is C7H14N2O2. The van der Waals surface area contributed by atoms with Gasteiger partial charge in [-0.25, -0.2) is 4.79 Å². The highest BCUT2D eigenvalue weighted by Gasteiger charge is 2.28. The molecule has 2 aliphatic rings. The molecule has 64 valence electrons. The smallest absolute Gasteiger partial charge is 0.320 e. The van der Waals surface area contributed by atoms with E-state index in [1.165, 1.54) is 12.8 Å². The number of nitrogens with zero attached hydrogens (tertiary/aromatic N) is 2. The van der Waals surface area contributed by atoms with E-state index in [0.717, 1.165) is 26.2 Å². The molecule has 0 aromatic carbocycles. The van der Waals surface area contributed by atoms with Crippen LogP contribution in [-0.2, 0) is 0 Å². The summed E-state index contributed by atoms with van der Waals surface area (Å²) in [6.45, 7) is 3.93. The number of likely N-dealkylation sites (tertiary alicyclic amines) is 2. The molecule has 0 atom stereocenters. The van der Waals surface area contributed by atoms with Gasteiger partial charge in [-0.05, 0) is 12.8 Å². The van der Waals surface area contributed by atoms with E-state index in [1.807, 2.05) is 9.80 Å². The van der Waals surface area contributed by atoms with E-state index in [0.29, 0.717) is 0 Å². The third kappa shape index (κ3) is 1.30. The van der Waals surface area contributed by atoms with Crippen LogP contribution in [0.3, 0.4) is 0 Å². The first-order valence-corrected chi connectivity index (χ1v) is 3.92. The van der Waals surface area contributed by atoms with Crippen molar-refractivity contribution in [3.63, 3.8) is 0 Å². The van der Waals surface area contributed by atoms with Crippen molar-refractivity contribution >= 4 is 6.03 Å². The second-order valence-corrected chi connectivity index (χ2v) is 2.96. The van der Waals surface area contributed by atoms with Gasteiger partial charge in [0.15, 0.2) is 0 Å². The minimum absolute atomic E-state index is 0.